The van der Waals surface area contributed by atoms with Crippen molar-refractivity contribution in [2.24, 2.45) is 5.92 Å². The molecule has 3 atom stereocenters. The first kappa shape index (κ1) is 9.60. The van der Waals surface area contributed by atoms with Crippen LogP contribution >= 0.6 is 0 Å². The summed E-state index contributed by atoms with van der Waals surface area (Å²) in [7, 11) is 0. The van der Waals surface area contributed by atoms with Crippen molar-refractivity contribution in [2.45, 2.75) is 12.3 Å². The lowest BCUT2D eigenvalue weighted by atomic mass is 9.87. The van der Waals surface area contributed by atoms with E-state index >= 15 is 0 Å². The van der Waals surface area contributed by atoms with Crippen molar-refractivity contribution in [1.29, 1.82) is 0 Å². The normalized spacial score (nSPS) is 31.2. The smallest absolute Gasteiger partial charge is 0.0702 e. The van der Waals surface area contributed by atoms with E-state index in [4.69, 9.17) is 0 Å². The summed E-state index contributed by atoms with van der Waals surface area (Å²) in [5, 5.41) is 1.28. The molecule has 0 radical (unpaired) electrons. The standard InChI is InChI=1S/C15H16N2/c1-2-4-15-11(3-1)7-13(8-16-15)14-10-17-6-5-12(14)9-17/h1-4,7-8,12,14H,5-6,9-10H2. The summed E-state index contributed by atoms with van der Waals surface area (Å²) in [5.74, 6) is 1.60. The Kier molecular flexibility index (Phi) is 2.00. The molecule has 2 fully saturated rings. The molecule has 0 N–H and O–H groups in total. The third kappa shape index (κ3) is 1.48. The molecule has 2 aliphatic heterocycles. The Balaban J connectivity index is 1.76. The highest BCUT2D eigenvalue weighted by molar-refractivity contribution is 5.78. The first-order valence-corrected chi connectivity index (χ1v) is 6.47. The zero-order chi connectivity index (χ0) is 11.2. The average molecular weight is 224 g/mol. The van der Waals surface area contributed by atoms with Gasteiger partial charge in [0.25, 0.3) is 0 Å². The Morgan fingerprint density at radius 3 is 2.94 bits per heavy atom. The Labute approximate surface area is 101 Å². The molecule has 3 unspecified atom stereocenters. The fourth-order valence-electron chi connectivity index (χ4n) is 3.45. The maximum Gasteiger partial charge on any atom is 0.0702 e. The Hall–Kier alpha value is -1.41. The third-order valence-corrected chi connectivity index (χ3v) is 4.37. The lowest BCUT2D eigenvalue weighted by molar-refractivity contribution is 0.346. The molecule has 0 amide bonds. The van der Waals surface area contributed by atoms with Crippen LogP contribution in [0.15, 0.2) is 36.5 Å². The van der Waals surface area contributed by atoms with Crippen LogP contribution in [0.25, 0.3) is 10.9 Å². The first-order chi connectivity index (χ1) is 8.40. The largest absolute Gasteiger partial charge is 0.302 e. The summed E-state index contributed by atoms with van der Waals surface area (Å²) in [5.41, 5.74) is 2.55. The number of rotatable bonds is 1. The molecule has 2 heteroatoms. The summed E-state index contributed by atoms with van der Waals surface area (Å²) in [6.45, 7) is 3.85. The highest BCUT2D eigenvalue weighted by atomic mass is 15.2. The van der Waals surface area contributed by atoms with Gasteiger partial charge >= 0.3 is 0 Å². The van der Waals surface area contributed by atoms with Crippen molar-refractivity contribution >= 4 is 10.9 Å². The van der Waals surface area contributed by atoms with Crippen LogP contribution in [0.3, 0.4) is 0 Å². The van der Waals surface area contributed by atoms with Crippen LogP contribution < -0.4 is 0 Å². The van der Waals surface area contributed by atoms with E-state index in [0.717, 1.165) is 17.4 Å². The van der Waals surface area contributed by atoms with Gasteiger partial charge in [-0.2, -0.15) is 0 Å². The number of piperidine rings is 1. The lowest BCUT2D eigenvalue weighted by Crippen LogP contribution is -2.22. The molecule has 4 rings (SSSR count). The molecular formula is C15H16N2. The third-order valence-electron chi connectivity index (χ3n) is 4.37. The highest BCUT2D eigenvalue weighted by Crippen LogP contribution is 2.39. The van der Waals surface area contributed by atoms with E-state index in [1.807, 2.05) is 0 Å². The maximum absolute atomic E-state index is 4.59. The van der Waals surface area contributed by atoms with Crippen LogP contribution in [-0.4, -0.2) is 29.5 Å². The SMILES string of the molecule is c1ccc2ncc(C3CN4CCC3C4)cc2c1. The number of benzene rings is 1. The van der Waals surface area contributed by atoms with Crippen molar-refractivity contribution in [1.82, 2.24) is 9.88 Å². The number of pyridine rings is 1. The molecule has 2 saturated heterocycles. The molecule has 1 aromatic heterocycles. The van der Waals surface area contributed by atoms with E-state index in [-0.39, 0.29) is 0 Å². The van der Waals surface area contributed by atoms with Crippen LogP contribution in [0.4, 0.5) is 0 Å². The number of hydrogen-bond donors (Lipinski definition) is 0. The van der Waals surface area contributed by atoms with Gasteiger partial charge in [-0.05, 0) is 36.6 Å². The van der Waals surface area contributed by atoms with Crippen molar-refractivity contribution in [3.8, 4) is 0 Å². The predicted molar refractivity (Wildman–Crippen MR) is 69.0 cm³/mol. The topological polar surface area (TPSA) is 16.1 Å². The monoisotopic (exact) mass is 224 g/mol. The van der Waals surface area contributed by atoms with Gasteiger partial charge in [0.2, 0.25) is 0 Å². The molecule has 0 saturated carbocycles. The van der Waals surface area contributed by atoms with Crippen molar-refractivity contribution < 1.29 is 0 Å². The van der Waals surface area contributed by atoms with Crippen molar-refractivity contribution in [3.63, 3.8) is 0 Å². The van der Waals surface area contributed by atoms with E-state index in [9.17, 15) is 0 Å². The molecular weight excluding hydrogens is 208 g/mol. The number of nitrogens with zero attached hydrogens (tertiary/aromatic N) is 2. The molecule has 0 spiro atoms. The molecule has 17 heavy (non-hydrogen) atoms. The average Bonchev–Trinajstić information content (AvgIpc) is 3.00. The van der Waals surface area contributed by atoms with Gasteiger partial charge in [-0.15, -0.1) is 0 Å². The van der Waals surface area contributed by atoms with Gasteiger partial charge in [0.05, 0.1) is 5.52 Å². The summed E-state index contributed by atoms with van der Waals surface area (Å²) in [6.07, 6.45) is 3.46. The van der Waals surface area contributed by atoms with Gasteiger partial charge in [0.1, 0.15) is 0 Å². The molecule has 86 valence electrons. The summed E-state index contributed by atoms with van der Waals surface area (Å²) >= 11 is 0. The van der Waals surface area contributed by atoms with E-state index in [0.29, 0.717) is 0 Å². The second-order valence-electron chi connectivity index (χ2n) is 5.38. The fourth-order valence-corrected chi connectivity index (χ4v) is 3.45. The van der Waals surface area contributed by atoms with Gasteiger partial charge < -0.3 is 4.90 Å². The molecule has 2 nitrogen and oxygen atoms in total. The molecule has 2 bridgehead atoms. The second-order valence-corrected chi connectivity index (χ2v) is 5.38. The number of aromatic nitrogens is 1. The van der Waals surface area contributed by atoms with E-state index in [1.165, 1.54) is 37.0 Å². The van der Waals surface area contributed by atoms with Crippen molar-refractivity contribution in [2.75, 3.05) is 19.6 Å². The summed E-state index contributed by atoms with van der Waals surface area (Å²) < 4.78 is 0. The zero-order valence-electron chi connectivity index (χ0n) is 9.84. The molecule has 3 heterocycles. The van der Waals surface area contributed by atoms with Gasteiger partial charge in [0, 0.05) is 30.6 Å². The van der Waals surface area contributed by atoms with Crippen LogP contribution in [0, 0.1) is 5.92 Å². The van der Waals surface area contributed by atoms with Gasteiger partial charge in [-0.25, -0.2) is 0 Å². The minimum Gasteiger partial charge on any atom is -0.302 e. The minimum absolute atomic E-state index is 0.723. The maximum atomic E-state index is 4.59. The lowest BCUT2D eigenvalue weighted by Gasteiger charge is -2.22. The van der Waals surface area contributed by atoms with Crippen molar-refractivity contribution in [3.05, 3.63) is 42.1 Å². The van der Waals surface area contributed by atoms with Gasteiger partial charge in [-0.3, -0.25) is 4.98 Å². The molecule has 2 aliphatic rings. The second kappa shape index (κ2) is 3.54. The van der Waals surface area contributed by atoms with Crippen LogP contribution in [0.5, 0.6) is 0 Å². The van der Waals surface area contributed by atoms with E-state index < -0.39 is 0 Å². The first-order valence-electron chi connectivity index (χ1n) is 6.47. The van der Waals surface area contributed by atoms with Crippen LogP contribution in [0.2, 0.25) is 0 Å². The summed E-state index contributed by atoms with van der Waals surface area (Å²) in [4.78, 5) is 7.18. The van der Waals surface area contributed by atoms with Crippen LogP contribution in [0.1, 0.15) is 17.9 Å². The molecule has 2 aromatic rings. The van der Waals surface area contributed by atoms with E-state index in [2.05, 4.69) is 46.4 Å². The number of para-hydroxylation sites is 1. The van der Waals surface area contributed by atoms with Crippen LogP contribution in [-0.2, 0) is 0 Å². The predicted octanol–water partition coefficient (Wildman–Crippen LogP) is 2.65. The summed E-state index contributed by atoms with van der Waals surface area (Å²) in [6, 6.07) is 10.7. The number of fused-ring (bicyclic) bond motifs is 3. The Morgan fingerprint density at radius 1 is 1.18 bits per heavy atom. The fraction of sp³-hybridized carbons (Fsp3) is 0.400. The minimum atomic E-state index is 0.723. The molecule has 1 aromatic carbocycles. The quantitative estimate of drug-likeness (QED) is 0.740. The highest BCUT2D eigenvalue weighted by Gasteiger charge is 2.38. The van der Waals surface area contributed by atoms with Gasteiger partial charge in [0.15, 0.2) is 0 Å². The van der Waals surface area contributed by atoms with Gasteiger partial charge in [-0.1, -0.05) is 18.2 Å². The Morgan fingerprint density at radius 2 is 2.12 bits per heavy atom. The Bertz CT molecular complexity index is 564. The van der Waals surface area contributed by atoms with E-state index in [1.54, 1.807) is 0 Å². The molecule has 0 aliphatic carbocycles. The zero-order valence-corrected chi connectivity index (χ0v) is 9.84. The number of hydrogen-bond acceptors (Lipinski definition) is 2.